The lowest BCUT2D eigenvalue weighted by Crippen LogP contribution is -2.04. The minimum Gasteiger partial charge on any atom is -0.435 e. The first-order valence-corrected chi connectivity index (χ1v) is 7.22. The van der Waals surface area contributed by atoms with Gasteiger partial charge < -0.3 is 9.84 Å². The Balaban J connectivity index is 1.96. The summed E-state index contributed by atoms with van der Waals surface area (Å²) in [6, 6.07) is 13.9. The topological polar surface area (TPSA) is 29.5 Å². The van der Waals surface area contributed by atoms with Gasteiger partial charge in [0.05, 0.1) is 0 Å². The van der Waals surface area contributed by atoms with E-state index < -0.39 is 12.7 Å². The van der Waals surface area contributed by atoms with Crippen molar-refractivity contribution in [2.45, 2.75) is 12.7 Å². The van der Waals surface area contributed by atoms with Crippen molar-refractivity contribution in [3.8, 4) is 5.75 Å². The number of hydrogen-bond donors (Lipinski definition) is 1. The second-order valence-corrected chi connectivity index (χ2v) is 5.45. The standard InChI is InChI=1S/C16H12F2O2S/c17-16(18)20-11-5-3-4-10(8-11)15(19)13-9-21-14-7-2-1-6-12(13)14/h1-9,15-16,19H. The fourth-order valence-corrected chi connectivity index (χ4v) is 3.23. The highest BCUT2D eigenvalue weighted by Crippen LogP contribution is 2.34. The van der Waals surface area contributed by atoms with Crippen LogP contribution in [-0.2, 0) is 0 Å². The molecule has 3 rings (SSSR count). The van der Waals surface area contributed by atoms with Crippen LogP contribution in [0, 0.1) is 0 Å². The highest BCUT2D eigenvalue weighted by atomic mass is 32.1. The summed E-state index contributed by atoms with van der Waals surface area (Å²) in [6.45, 7) is -2.88. The van der Waals surface area contributed by atoms with Gasteiger partial charge in [0.15, 0.2) is 0 Å². The molecule has 0 saturated heterocycles. The third-order valence-electron chi connectivity index (χ3n) is 3.20. The number of benzene rings is 2. The van der Waals surface area contributed by atoms with Crippen LogP contribution in [0.2, 0.25) is 0 Å². The Labute approximate surface area is 124 Å². The van der Waals surface area contributed by atoms with E-state index in [1.807, 2.05) is 29.6 Å². The van der Waals surface area contributed by atoms with Crippen LogP contribution in [0.1, 0.15) is 17.2 Å². The van der Waals surface area contributed by atoms with Crippen molar-refractivity contribution in [3.63, 3.8) is 0 Å². The molecule has 0 aliphatic heterocycles. The lowest BCUT2D eigenvalue weighted by molar-refractivity contribution is -0.0499. The number of thiophene rings is 1. The molecule has 108 valence electrons. The molecule has 1 N–H and O–H groups in total. The van der Waals surface area contributed by atoms with Gasteiger partial charge in [-0.05, 0) is 34.5 Å². The van der Waals surface area contributed by atoms with Crippen molar-refractivity contribution in [2.24, 2.45) is 0 Å². The van der Waals surface area contributed by atoms with Gasteiger partial charge in [-0.3, -0.25) is 0 Å². The minimum atomic E-state index is -2.88. The summed E-state index contributed by atoms with van der Waals surface area (Å²) in [5.41, 5.74) is 1.29. The zero-order valence-electron chi connectivity index (χ0n) is 10.9. The number of aliphatic hydroxyl groups excluding tert-OH is 1. The number of halogens is 2. The molecule has 0 saturated carbocycles. The van der Waals surface area contributed by atoms with Crippen LogP contribution in [-0.4, -0.2) is 11.7 Å². The highest BCUT2D eigenvalue weighted by molar-refractivity contribution is 7.17. The summed E-state index contributed by atoms with van der Waals surface area (Å²) in [6.07, 6.45) is -0.873. The molecular formula is C16H12F2O2S. The third-order valence-corrected chi connectivity index (χ3v) is 4.19. The zero-order valence-corrected chi connectivity index (χ0v) is 11.7. The molecule has 21 heavy (non-hydrogen) atoms. The predicted molar refractivity (Wildman–Crippen MR) is 79.0 cm³/mol. The molecule has 3 aromatic rings. The lowest BCUT2D eigenvalue weighted by atomic mass is 10.0. The maximum Gasteiger partial charge on any atom is 0.387 e. The summed E-state index contributed by atoms with van der Waals surface area (Å²) >= 11 is 1.54. The number of aliphatic hydroxyl groups is 1. The first kappa shape index (κ1) is 14.0. The second-order valence-electron chi connectivity index (χ2n) is 4.54. The number of rotatable bonds is 4. The summed E-state index contributed by atoms with van der Waals surface area (Å²) in [4.78, 5) is 0. The van der Waals surface area contributed by atoms with E-state index in [2.05, 4.69) is 4.74 Å². The third kappa shape index (κ3) is 2.89. The largest absolute Gasteiger partial charge is 0.435 e. The van der Waals surface area contributed by atoms with Gasteiger partial charge in [0, 0.05) is 10.3 Å². The van der Waals surface area contributed by atoms with Crippen LogP contribution in [0.4, 0.5) is 8.78 Å². The molecule has 0 spiro atoms. The van der Waals surface area contributed by atoms with Gasteiger partial charge in [0.25, 0.3) is 0 Å². The van der Waals surface area contributed by atoms with E-state index in [0.717, 1.165) is 15.6 Å². The fraction of sp³-hybridized carbons (Fsp3) is 0.125. The van der Waals surface area contributed by atoms with E-state index in [0.29, 0.717) is 5.56 Å². The second kappa shape index (κ2) is 5.79. The van der Waals surface area contributed by atoms with Crippen LogP contribution in [0.3, 0.4) is 0 Å². The molecule has 0 aliphatic rings. The van der Waals surface area contributed by atoms with Crippen LogP contribution in [0.25, 0.3) is 10.1 Å². The van der Waals surface area contributed by atoms with Crippen molar-refractivity contribution in [1.29, 1.82) is 0 Å². The van der Waals surface area contributed by atoms with Gasteiger partial charge in [-0.25, -0.2) is 0 Å². The van der Waals surface area contributed by atoms with Gasteiger partial charge in [0.1, 0.15) is 11.9 Å². The molecule has 1 atom stereocenters. The van der Waals surface area contributed by atoms with Gasteiger partial charge >= 0.3 is 6.61 Å². The molecule has 0 bridgehead atoms. The van der Waals surface area contributed by atoms with Crippen molar-refractivity contribution >= 4 is 21.4 Å². The van der Waals surface area contributed by atoms with Crippen molar-refractivity contribution in [2.75, 3.05) is 0 Å². The van der Waals surface area contributed by atoms with Crippen LogP contribution in [0.5, 0.6) is 5.75 Å². The molecule has 2 nitrogen and oxygen atoms in total. The summed E-state index contributed by atoms with van der Waals surface area (Å²) < 4.78 is 29.9. The van der Waals surface area contributed by atoms with E-state index in [1.54, 1.807) is 23.5 Å². The molecule has 0 fully saturated rings. The van der Waals surface area contributed by atoms with Crippen molar-refractivity contribution in [1.82, 2.24) is 0 Å². The van der Waals surface area contributed by atoms with E-state index in [1.165, 1.54) is 12.1 Å². The molecule has 5 heteroatoms. The summed E-state index contributed by atoms with van der Waals surface area (Å²) in [5.74, 6) is 0.0427. The van der Waals surface area contributed by atoms with E-state index in [4.69, 9.17) is 0 Å². The monoisotopic (exact) mass is 306 g/mol. The molecule has 1 unspecified atom stereocenters. The van der Waals surface area contributed by atoms with Gasteiger partial charge in [0.2, 0.25) is 0 Å². The van der Waals surface area contributed by atoms with Crippen molar-refractivity contribution < 1.29 is 18.6 Å². The smallest absolute Gasteiger partial charge is 0.387 e. The van der Waals surface area contributed by atoms with Crippen LogP contribution < -0.4 is 4.74 Å². The number of ether oxygens (including phenoxy) is 1. The maximum absolute atomic E-state index is 12.3. The Morgan fingerprint density at radius 2 is 1.86 bits per heavy atom. The summed E-state index contributed by atoms with van der Waals surface area (Å²) in [5, 5.41) is 13.4. The first-order valence-electron chi connectivity index (χ1n) is 6.34. The summed E-state index contributed by atoms with van der Waals surface area (Å²) in [7, 11) is 0. The molecule has 2 aromatic carbocycles. The van der Waals surface area contributed by atoms with Gasteiger partial charge in [-0.2, -0.15) is 8.78 Å². The Bertz CT molecular complexity index is 755. The van der Waals surface area contributed by atoms with E-state index in [-0.39, 0.29) is 5.75 Å². The normalized spacial score (nSPS) is 12.8. The predicted octanol–water partition coefficient (Wildman–Crippen LogP) is 4.58. The van der Waals surface area contributed by atoms with Gasteiger partial charge in [-0.1, -0.05) is 30.3 Å². The van der Waals surface area contributed by atoms with E-state index >= 15 is 0 Å². The Hall–Kier alpha value is -1.98. The maximum atomic E-state index is 12.3. The fourth-order valence-electron chi connectivity index (χ4n) is 2.25. The molecule has 0 aliphatic carbocycles. The first-order chi connectivity index (χ1) is 10.1. The molecular weight excluding hydrogens is 294 g/mol. The number of fused-ring (bicyclic) bond motifs is 1. The average Bonchev–Trinajstić information content (AvgIpc) is 2.90. The number of hydrogen-bond acceptors (Lipinski definition) is 3. The number of alkyl halides is 2. The molecule has 1 heterocycles. The minimum absolute atomic E-state index is 0.0427. The van der Waals surface area contributed by atoms with Gasteiger partial charge in [-0.15, -0.1) is 11.3 Å². The molecule has 0 amide bonds. The SMILES string of the molecule is OC(c1cccc(OC(F)F)c1)c1csc2ccccc12. The van der Waals surface area contributed by atoms with Crippen LogP contribution >= 0.6 is 11.3 Å². The quantitative estimate of drug-likeness (QED) is 0.764. The Morgan fingerprint density at radius 1 is 1.05 bits per heavy atom. The lowest BCUT2D eigenvalue weighted by Gasteiger charge is -2.12. The zero-order chi connectivity index (χ0) is 14.8. The van der Waals surface area contributed by atoms with Crippen molar-refractivity contribution in [3.05, 3.63) is 65.0 Å². The van der Waals surface area contributed by atoms with E-state index in [9.17, 15) is 13.9 Å². The molecule has 0 radical (unpaired) electrons. The Morgan fingerprint density at radius 3 is 2.67 bits per heavy atom. The average molecular weight is 306 g/mol. The highest BCUT2D eigenvalue weighted by Gasteiger charge is 2.16. The molecule has 1 aromatic heterocycles. The Kier molecular flexibility index (Phi) is 3.86. The van der Waals surface area contributed by atoms with Crippen LogP contribution in [0.15, 0.2) is 53.9 Å².